The Morgan fingerprint density at radius 2 is 1.72 bits per heavy atom. The van der Waals surface area contributed by atoms with Crippen molar-refractivity contribution in [1.29, 1.82) is 0 Å². The van der Waals surface area contributed by atoms with E-state index in [0.717, 1.165) is 12.0 Å². The van der Waals surface area contributed by atoms with Crippen molar-refractivity contribution in [2.45, 2.75) is 19.9 Å². The molecule has 0 aliphatic heterocycles. The Balaban J connectivity index is 2.02. The molecule has 0 amide bonds. The second-order valence-electron chi connectivity index (χ2n) is 4.26. The number of aryl methyl sites for hydroxylation is 1. The molecule has 0 heterocycles. The maximum atomic E-state index is 13.5. The predicted molar refractivity (Wildman–Crippen MR) is 74.0 cm³/mol. The van der Waals surface area contributed by atoms with Crippen molar-refractivity contribution in [3.8, 4) is 0 Å². The molecule has 0 radical (unpaired) electrons. The van der Waals surface area contributed by atoms with E-state index in [-0.39, 0.29) is 5.82 Å². The Bertz CT molecular complexity index is 521. The first-order chi connectivity index (χ1) is 8.69. The Kier molecular flexibility index (Phi) is 3.82. The lowest BCUT2D eigenvalue weighted by atomic mass is 10.1. The van der Waals surface area contributed by atoms with Crippen molar-refractivity contribution in [1.82, 2.24) is 0 Å². The van der Waals surface area contributed by atoms with Gasteiger partial charge < -0.3 is 11.1 Å². The second kappa shape index (κ2) is 5.54. The van der Waals surface area contributed by atoms with Crippen LogP contribution in [0.4, 0.5) is 15.8 Å². The van der Waals surface area contributed by atoms with Gasteiger partial charge in [0.25, 0.3) is 0 Å². The normalized spacial score (nSPS) is 10.3. The van der Waals surface area contributed by atoms with Crippen molar-refractivity contribution >= 4 is 11.4 Å². The minimum atomic E-state index is -0.319. The van der Waals surface area contributed by atoms with Gasteiger partial charge in [0, 0.05) is 12.2 Å². The van der Waals surface area contributed by atoms with Crippen LogP contribution in [0.15, 0.2) is 42.5 Å². The van der Waals surface area contributed by atoms with Crippen LogP contribution in [0, 0.1) is 5.82 Å². The fourth-order valence-corrected chi connectivity index (χ4v) is 1.76. The van der Waals surface area contributed by atoms with Gasteiger partial charge in [0.15, 0.2) is 0 Å². The van der Waals surface area contributed by atoms with Crippen molar-refractivity contribution < 1.29 is 4.39 Å². The van der Waals surface area contributed by atoms with E-state index in [2.05, 4.69) is 36.5 Å². The van der Waals surface area contributed by atoms with Crippen LogP contribution in [0.1, 0.15) is 18.1 Å². The molecular formula is C15H17FN2. The van der Waals surface area contributed by atoms with Crippen molar-refractivity contribution in [3.63, 3.8) is 0 Å². The molecule has 2 rings (SSSR count). The first-order valence-electron chi connectivity index (χ1n) is 6.05. The van der Waals surface area contributed by atoms with E-state index in [9.17, 15) is 4.39 Å². The maximum Gasteiger partial charge on any atom is 0.148 e. The summed E-state index contributed by atoms with van der Waals surface area (Å²) < 4.78 is 13.5. The van der Waals surface area contributed by atoms with Gasteiger partial charge in [-0.1, -0.05) is 31.2 Å². The number of nitrogens with one attached hydrogen (secondary N) is 1. The molecule has 2 nitrogen and oxygen atoms in total. The minimum Gasteiger partial charge on any atom is -0.399 e. The predicted octanol–water partition coefficient (Wildman–Crippen LogP) is 3.58. The fourth-order valence-electron chi connectivity index (χ4n) is 1.76. The van der Waals surface area contributed by atoms with Gasteiger partial charge in [-0.3, -0.25) is 0 Å². The minimum absolute atomic E-state index is 0.319. The highest BCUT2D eigenvalue weighted by molar-refractivity contribution is 5.52. The zero-order valence-corrected chi connectivity index (χ0v) is 10.4. The summed E-state index contributed by atoms with van der Waals surface area (Å²) in [5.74, 6) is -0.319. The van der Waals surface area contributed by atoms with Crippen LogP contribution in [-0.4, -0.2) is 0 Å². The molecule has 94 valence electrons. The Morgan fingerprint density at radius 3 is 2.33 bits per heavy atom. The molecule has 0 unspecified atom stereocenters. The van der Waals surface area contributed by atoms with Crippen LogP contribution in [0.5, 0.6) is 0 Å². The summed E-state index contributed by atoms with van der Waals surface area (Å²) in [6, 6.07) is 13.0. The summed E-state index contributed by atoms with van der Waals surface area (Å²) in [5.41, 5.74) is 8.84. The zero-order valence-electron chi connectivity index (χ0n) is 10.4. The molecule has 3 N–H and O–H groups in total. The maximum absolute atomic E-state index is 13.5. The largest absolute Gasteiger partial charge is 0.399 e. The molecule has 0 atom stereocenters. The SMILES string of the molecule is CCc1ccc(CNc2ccc(N)cc2F)cc1. The van der Waals surface area contributed by atoms with E-state index in [0.29, 0.717) is 17.9 Å². The van der Waals surface area contributed by atoms with Gasteiger partial charge >= 0.3 is 0 Å². The molecule has 0 aliphatic rings. The highest BCUT2D eigenvalue weighted by Crippen LogP contribution is 2.17. The molecule has 18 heavy (non-hydrogen) atoms. The number of halogens is 1. The molecule has 0 fully saturated rings. The van der Waals surface area contributed by atoms with E-state index < -0.39 is 0 Å². The molecule has 0 bridgehead atoms. The summed E-state index contributed by atoms with van der Waals surface area (Å²) in [5, 5.41) is 3.06. The molecular weight excluding hydrogens is 227 g/mol. The van der Waals surface area contributed by atoms with Gasteiger partial charge in [0.05, 0.1) is 5.69 Å². The molecule has 0 spiro atoms. The van der Waals surface area contributed by atoms with Gasteiger partial charge in [-0.15, -0.1) is 0 Å². The molecule has 2 aromatic rings. The lowest BCUT2D eigenvalue weighted by Gasteiger charge is -2.08. The third kappa shape index (κ3) is 3.00. The van der Waals surface area contributed by atoms with E-state index >= 15 is 0 Å². The molecule has 0 aliphatic carbocycles. The molecule has 0 aromatic heterocycles. The topological polar surface area (TPSA) is 38.0 Å². The lowest BCUT2D eigenvalue weighted by molar-refractivity contribution is 0.631. The Labute approximate surface area is 107 Å². The molecule has 2 aromatic carbocycles. The monoisotopic (exact) mass is 244 g/mol. The van der Waals surface area contributed by atoms with E-state index in [1.807, 2.05) is 0 Å². The highest BCUT2D eigenvalue weighted by atomic mass is 19.1. The number of rotatable bonds is 4. The highest BCUT2D eigenvalue weighted by Gasteiger charge is 2.01. The molecule has 0 saturated heterocycles. The first-order valence-corrected chi connectivity index (χ1v) is 6.05. The van der Waals surface area contributed by atoms with Crippen LogP contribution < -0.4 is 11.1 Å². The van der Waals surface area contributed by atoms with Gasteiger partial charge in [-0.25, -0.2) is 4.39 Å². The number of anilines is 2. The molecule has 0 saturated carbocycles. The van der Waals surface area contributed by atoms with Crippen LogP contribution in [0.25, 0.3) is 0 Å². The summed E-state index contributed by atoms with van der Waals surface area (Å²) in [6.45, 7) is 2.72. The first kappa shape index (κ1) is 12.4. The van der Waals surface area contributed by atoms with Gasteiger partial charge in [-0.05, 0) is 35.7 Å². The van der Waals surface area contributed by atoms with Gasteiger partial charge in [0.1, 0.15) is 5.82 Å². The smallest absolute Gasteiger partial charge is 0.148 e. The number of nitrogens with two attached hydrogens (primary N) is 1. The van der Waals surface area contributed by atoms with Crippen LogP contribution in [0.3, 0.4) is 0 Å². The lowest BCUT2D eigenvalue weighted by Crippen LogP contribution is -2.02. The number of nitrogen functional groups attached to an aromatic ring is 1. The van der Waals surface area contributed by atoms with Crippen molar-refractivity contribution in [2.24, 2.45) is 0 Å². The average molecular weight is 244 g/mol. The molecule has 3 heteroatoms. The summed E-state index contributed by atoms with van der Waals surface area (Å²) >= 11 is 0. The summed E-state index contributed by atoms with van der Waals surface area (Å²) in [7, 11) is 0. The standard InChI is InChI=1S/C15H17FN2/c1-2-11-3-5-12(6-4-11)10-18-15-8-7-13(17)9-14(15)16/h3-9,18H,2,10,17H2,1H3. The van der Waals surface area contributed by atoms with E-state index in [4.69, 9.17) is 5.73 Å². The van der Waals surface area contributed by atoms with Crippen LogP contribution >= 0.6 is 0 Å². The third-order valence-corrected chi connectivity index (χ3v) is 2.91. The second-order valence-corrected chi connectivity index (χ2v) is 4.26. The number of hydrogen-bond donors (Lipinski definition) is 2. The zero-order chi connectivity index (χ0) is 13.0. The van der Waals surface area contributed by atoms with Crippen molar-refractivity contribution in [2.75, 3.05) is 11.1 Å². The van der Waals surface area contributed by atoms with Crippen LogP contribution in [-0.2, 0) is 13.0 Å². The van der Waals surface area contributed by atoms with E-state index in [1.54, 1.807) is 12.1 Å². The van der Waals surface area contributed by atoms with Gasteiger partial charge in [0.2, 0.25) is 0 Å². The summed E-state index contributed by atoms with van der Waals surface area (Å²) in [4.78, 5) is 0. The van der Waals surface area contributed by atoms with Gasteiger partial charge in [-0.2, -0.15) is 0 Å². The van der Waals surface area contributed by atoms with Crippen molar-refractivity contribution in [3.05, 3.63) is 59.4 Å². The fraction of sp³-hybridized carbons (Fsp3) is 0.200. The Morgan fingerprint density at radius 1 is 1.06 bits per heavy atom. The average Bonchev–Trinajstić information content (AvgIpc) is 2.38. The quantitative estimate of drug-likeness (QED) is 0.807. The van der Waals surface area contributed by atoms with Crippen LogP contribution in [0.2, 0.25) is 0 Å². The third-order valence-electron chi connectivity index (χ3n) is 2.91. The number of benzene rings is 2. The Hall–Kier alpha value is -2.03. The number of hydrogen-bond acceptors (Lipinski definition) is 2. The summed E-state index contributed by atoms with van der Waals surface area (Å²) in [6.07, 6.45) is 1.03. The van der Waals surface area contributed by atoms with E-state index in [1.165, 1.54) is 11.6 Å².